The van der Waals surface area contributed by atoms with Gasteiger partial charge in [0.2, 0.25) is 0 Å². The normalized spacial score (nSPS) is 22.6. The minimum atomic E-state index is -0.871. The Kier molecular flexibility index (Phi) is 3.87. The predicted molar refractivity (Wildman–Crippen MR) is 75.4 cm³/mol. The van der Waals surface area contributed by atoms with E-state index < -0.39 is 11.4 Å². The number of amides is 1. The molecule has 6 heteroatoms. The molecule has 1 aliphatic heterocycles. The van der Waals surface area contributed by atoms with E-state index in [0.717, 1.165) is 4.47 Å². The summed E-state index contributed by atoms with van der Waals surface area (Å²) < 4.78 is 0.797. The van der Waals surface area contributed by atoms with Gasteiger partial charge in [0.15, 0.2) is 0 Å². The number of benzene rings is 1. The highest BCUT2D eigenvalue weighted by atomic mass is 79.9. The molecular formula is C13H13BrClNO3. The Bertz CT molecular complexity index is 549. The first-order chi connectivity index (χ1) is 8.83. The molecular weight excluding hydrogens is 334 g/mol. The first kappa shape index (κ1) is 14.3. The van der Waals surface area contributed by atoms with Gasteiger partial charge in [0, 0.05) is 17.6 Å². The smallest absolute Gasteiger partial charge is 0.311 e. The Balaban J connectivity index is 2.20. The van der Waals surface area contributed by atoms with Gasteiger partial charge in [-0.25, -0.2) is 0 Å². The summed E-state index contributed by atoms with van der Waals surface area (Å²) in [6, 6.07) is 5.04. The van der Waals surface area contributed by atoms with Crippen molar-refractivity contribution in [1.29, 1.82) is 0 Å². The average Bonchev–Trinajstić information content (AvgIpc) is 2.73. The third-order valence-corrected chi connectivity index (χ3v) is 4.24. The van der Waals surface area contributed by atoms with Gasteiger partial charge in [0.1, 0.15) is 0 Å². The van der Waals surface area contributed by atoms with E-state index in [1.165, 1.54) is 0 Å². The van der Waals surface area contributed by atoms with E-state index in [-0.39, 0.29) is 12.5 Å². The number of halogens is 2. The molecule has 0 saturated carbocycles. The third kappa shape index (κ3) is 2.77. The zero-order valence-corrected chi connectivity index (χ0v) is 12.7. The highest BCUT2D eigenvalue weighted by molar-refractivity contribution is 9.10. The molecule has 1 aliphatic rings. The highest BCUT2D eigenvalue weighted by Gasteiger charge is 2.42. The number of aliphatic carboxylic acids is 1. The topological polar surface area (TPSA) is 57.6 Å². The van der Waals surface area contributed by atoms with Crippen LogP contribution in [0, 0.1) is 5.41 Å². The summed E-state index contributed by atoms with van der Waals surface area (Å²) >= 11 is 9.32. The van der Waals surface area contributed by atoms with Crippen LogP contribution in [0.4, 0.5) is 0 Å². The van der Waals surface area contributed by atoms with Crippen LogP contribution in [0.25, 0.3) is 0 Å². The number of nitrogens with zero attached hydrogens (tertiary/aromatic N) is 1. The van der Waals surface area contributed by atoms with Crippen LogP contribution in [0.15, 0.2) is 22.7 Å². The van der Waals surface area contributed by atoms with Crippen LogP contribution in [-0.4, -0.2) is 35.0 Å². The number of carbonyl (C=O) groups is 2. The number of hydrogen-bond donors (Lipinski definition) is 1. The van der Waals surface area contributed by atoms with Crippen LogP contribution in [0.3, 0.4) is 0 Å². The molecule has 0 radical (unpaired) electrons. The van der Waals surface area contributed by atoms with Gasteiger partial charge < -0.3 is 10.0 Å². The summed E-state index contributed by atoms with van der Waals surface area (Å²) in [4.78, 5) is 25.0. The maximum absolute atomic E-state index is 12.3. The standard InChI is InChI=1S/C13H13BrClNO3/c1-13(12(18)19)4-5-16(7-13)11(17)9-3-2-8(14)6-10(9)15/h2-3,6H,4-5,7H2,1H3,(H,18,19)/t13-/m1/s1. The van der Waals surface area contributed by atoms with Crippen molar-refractivity contribution in [2.75, 3.05) is 13.1 Å². The Morgan fingerprint density at radius 3 is 2.68 bits per heavy atom. The first-order valence-corrected chi connectivity index (χ1v) is 6.98. The van der Waals surface area contributed by atoms with Gasteiger partial charge in [-0.3, -0.25) is 9.59 Å². The lowest BCUT2D eigenvalue weighted by Crippen LogP contribution is -2.35. The third-order valence-electron chi connectivity index (χ3n) is 3.44. The lowest BCUT2D eigenvalue weighted by molar-refractivity contribution is -0.147. The van der Waals surface area contributed by atoms with Gasteiger partial charge in [0.25, 0.3) is 5.91 Å². The summed E-state index contributed by atoms with van der Waals surface area (Å²) in [5.41, 5.74) is -0.461. The number of likely N-dealkylation sites (tertiary alicyclic amines) is 1. The second kappa shape index (κ2) is 5.13. The molecule has 1 fully saturated rings. The monoisotopic (exact) mass is 345 g/mol. The molecule has 2 rings (SSSR count). The van der Waals surface area contributed by atoms with E-state index in [4.69, 9.17) is 16.7 Å². The fraction of sp³-hybridized carbons (Fsp3) is 0.385. The molecule has 1 saturated heterocycles. The van der Waals surface area contributed by atoms with E-state index in [0.29, 0.717) is 23.6 Å². The SMILES string of the molecule is C[C@@]1(C(=O)O)CCN(C(=O)c2ccc(Br)cc2Cl)C1. The Hall–Kier alpha value is -1.07. The summed E-state index contributed by atoms with van der Waals surface area (Å²) in [5, 5.41) is 9.53. The minimum absolute atomic E-state index is 0.216. The second-order valence-corrected chi connectivity index (χ2v) is 6.29. The van der Waals surface area contributed by atoms with Gasteiger partial charge in [0.05, 0.1) is 16.0 Å². The molecule has 0 spiro atoms. The van der Waals surface area contributed by atoms with Crippen LogP contribution < -0.4 is 0 Å². The van der Waals surface area contributed by atoms with Crippen molar-refractivity contribution in [3.05, 3.63) is 33.3 Å². The number of carboxylic acid groups (broad SMARTS) is 1. The highest BCUT2D eigenvalue weighted by Crippen LogP contribution is 2.32. The molecule has 1 amide bonds. The van der Waals surface area contributed by atoms with Crippen molar-refractivity contribution in [3.8, 4) is 0 Å². The average molecular weight is 347 g/mol. The molecule has 1 aromatic carbocycles. The van der Waals surface area contributed by atoms with Crippen molar-refractivity contribution in [2.24, 2.45) is 5.41 Å². The predicted octanol–water partition coefficient (Wildman–Crippen LogP) is 3.04. The zero-order chi connectivity index (χ0) is 14.2. The van der Waals surface area contributed by atoms with Crippen molar-refractivity contribution < 1.29 is 14.7 Å². The number of carbonyl (C=O) groups excluding carboxylic acids is 1. The number of rotatable bonds is 2. The summed E-state index contributed by atoms with van der Waals surface area (Å²) in [5.74, 6) is -1.09. The Morgan fingerprint density at radius 2 is 2.16 bits per heavy atom. The van der Waals surface area contributed by atoms with Crippen molar-refractivity contribution >= 4 is 39.4 Å². The fourth-order valence-corrected chi connectivity index (χ4v) is 2.90. The Labute approximate surface area is 124 Å². The second-order valence-electron chi connectivity index (χ2n) is 4.97. The summed E-state index contributed by atoms with van der Waals surface area (Å²) in [6.45, 7) is 2.31. The van der Waals surface area contributed by atoms with Gasteiger partial charge in [-0.1, -0.05) is 27.5 Å². The fourth-order valence-electron chi connectivity index (χ4n) is 2.14. The van der Waals surface area contributed by atoms with Gasteiger partial charge in [-0.15, -0.1) is 0 Å². The van der Waals surface area contributed by atoms with Crippen LogP contribution in [0.2, 0.25) is 5.02 Å². The molecule has 0 aliphatic carbocycles. The molecule has 0 aromatic heterocycles. The van der Waals surface area contributed by atoms with Crippen molar-refractivity contribution in [2.45, 2.75) is 13.3 Å². The summed E-state index contributed by atoms with van der Waals surface area (Å²) in [6.07, 6.45) is 0.461. The maximum atomic E-state index is 12.3. The van der Waals surface area contributed by atoms with Crippen LogP contribution >= 0.6 is 27.5 Å². The van der Waals surface area contributed by atoms with Gasteiger partial charge in [-0.2, -0.15) is 0 Å². The van der Waals surface area contributed by atoms with Gasteiger partial charge >= 0.3 is 5.97 Å². The Morgan fingerprint density at radius 1 is 1.47 bits per heavy atom. The molecule has 0 bridgehead atoms. The molecule has 4 nitrogen and oxygen atoms in total. The quantitative estimate of drug-likeness (QED) is 0.895. The minimum Gasteiger partial charge on any atom is -0.481 e. The van der Waals surface area contributed by atoms with Gasteiger partial charge in [-0.05, 0) is 31.5 Å². The first-order valence-electron chi connectivity index (χ1n) is 5.81. The van der Waals surface area contributed by atoms with E-state index in [9.17, 15) is 9.59 Å². The van der Waals surface area contributed by atoms with E-state index in [1.807, 2.05) is 0 Å². The molecule has 19 heavy (non-hydrogen) atoms. The lowest BCUT2D eigenvalue weighted by Gasteiger charge is -2.20. The van der Waals surface area contributed by atoms with Crippen molar-refractivity contribution in [3.63, 3.8) is 0 Å². The largest absolute Gasteiger partial charge is 0.481 e. The van der Waals surface area contributed by atoms with Crippen LogP contribution in [-0.2, 0) is 4.79 Å². The van der Waals surface area contributed by atoms with E-state index in [2.05, 4.69) is 15.9 Å². The van der Waals surface area contributed by atoms with E-state index >= 15 is 0 Å². The van der Waals surface area contributed by atoms with E-state index in [1.54, 1.807) is 30.0 Å². The number of hydrogen-bond acceptors (Lipinski definition) is 2. The van der Waals surface area contributed by atoms with Crippen LogP contribution in [0.5, 0.6) is 0 Å². The molecule has 1 N–H and O–H groups in total. The molecule has 0 unspecified atom stereocenters. The summed E-state index contributed by atoms with van der Waals surface area (Å²) in [7, 11) is 0. The van der Waals surface area contributed by atoms with Crippen molar-refractivity contribution in [1.82, 2.24) is 4.90 Å². The lowest BCUT2D eigenvalue weighted by atomic mass is 9.90. The molecule has 1 atom stereocenters. The molecule has 1 heterocycles. The molecule has 102 valence electrons. The molecule has 1 aromatic rings. The van der Waals surface area contributed by atoms with Crippen LogP contribution in [0.1, 0.15) is 23.7 Å². The number of carboxylic acids is 1. The zero-order valence-electron chi connectivity index (χ0n) is 10.3. The maximum Gasteiger partial charge on any atom is 0.311 e.